The summed E-state index contributed by atoms with van der Waals surface area (Å²) in [6, 6.07) is 2.66. The maximum atomic E-state index is 10.2. The average Bonchev–Trinajstić information content (AvgIpc) is 3.23. The number of aliphatic hydroxyl groups is 1. The lowest BCUT2D eigenvalue weighted by atomic mass is 9.47. The summed E-state index contributed by atoms with van der Waals surface area (Å²) < 4.78 is 12.2. The van der Waals surface area contributed by atoms with Crippen molar-refractivity contribution < 1.29 is 14.6 Å². The fourth-order valence-corrected chi connectivity index (χ4v) is 8.49. The minimum absolute atomic E-state index is 0.0169. The minimum Gasteiger partial charge on any atom is -0.393 e. The molecule has 4 fully saturated rings. The predicted octanol–water partition coefficient (Wildman–Crippen LogP) is 4.44. The summed E-state index contributed by atoms with van der Waals surface area (Å²) in [6.45, 7) is 8.26. The monoisotopic (exact) mass is 385 g/mol. The number of aliphatic hydroxyl groups excluding tert-OH is 1. The van der Waals surface area contributed by atoms with E-state index in [4.69, 9.17) is 9.47 Å². The lowest BCUT2D eigenvalue weighted by Crippen LogP contribution is -2.53. The molecule has 4 heteroatoms. The van der Waals surface area contributed by atoms with Gasteiger partial charge in [-0.25, -0.2) is 0 Å². The van der Waals surface area contributed by atoms with E-state index in [9.17, 15) is 10.4 Å². The minimum atomic E-state index is -0.606. The van der Waals surface area contributed by atoms with Crippen LogP contribution in [0.5, 0.6) is 0 Å². The van der Waals surface area contributed by atoms with E-state index in [2.05, 4.69) is 32.9 Å². The summed E-state index contributed by atoms with van der Waals surface area (Å²) in [5.74, 6) is 1.47. The molecule has 0 aromatic rings. The van der Waals surface area contributed by atoms with Crippen LogP contribution >= 0.6 is 0 Å². The van der Waals surface area contributed by atoms with Crippen molar-refractivity contribution in [2.75, 3.05) is 13.2 Å². The molecule has 0 spiro atoms. The lowest BCUT2D eigenvalue weighted by molar-refractivity contribution is -0.219. The first-order valence-corrected chi connectivity index (χ1v) is 11.4. The summed E-state index contributed by atoms with van der Waals surface area (Å²) in [5, 5.41) is 20.2. The molecule has 154 valence electrons. The van der Waals surface area contributed by atoms with Crippen LogP contribution in [-0.4, -0.2) is 30.2 Å². The van der Waals surface area contributed by atoms with E-state index in [1.165, 1.54) is 12.0 Å². The molecule has 1 N–H and O–H groups in total. The number of nitriles is 1. The average molecular weight is 386 g/mol. The highest BCUT2D eigenvalue weighted by atomic mass is 16.7. The summed E-state index contributed by atoms with van der Waals surface area (Å²) in [5.41, 5.74) is 1.86. The predicted molar refractivity (Wildman–Crippen MR) is 106 cm³/mol. The molecule has 0 amide bonds. The summed E-state index contributed by atoms with van der Waals surface area (Å²) in [4.78, 5) is 0. The van der Waals surface area contributed by atoms with Gasteiger partial charge < -0.3 is 14.6 Å². The molecule has 0 unspecified atom stereocenters. The van der Waals surface area contributed by atoms with E-state index in [1.54, 1.807) is 0 Å². The van der Waals surface area contributed by atoms with Crippen LogP contribution in [0.2, 0.25) is 0 Å². The third-order valence-corrected chi connectivity index (χ3v) is 9.73. The number of hydrogen-bond donors (Lipinski definition) is 1. The molecular weight excluding hydrogens is 350 g/mol. The van der Waals surface area contributed by atoms with Gasteiger partial charge in [-0.1, -0.05) is 25.5 Å². The van der Waals surface area contributed by atoms with E-state index < -0.39 is 5.79 Å². The zero-order valence-electron chi connectivity index (χ0n) is 17.6. The quantitative estimate of drug-likeness (QED) is 0.678. The third kappa shape index (κ3) is 2.45. The van der Waals surface area contributed by atoms with Crippen LogP contribution in [-0.2, 0) is 9.47 Å². The Morgan fingerprint density at radius 2 is 1.86 bits per heavy atom. The lowest BCUT2D eigenvalue weighted by Gasteiger charge is -2.58. The van der Waals surface area contributed by atoms with Gasteiger partial charge in [-0.3, -0.25) is 0 Å². The zero-order chi connectivity index (χ0) is 19.7. The van der Waals surface area contributed by atoms with Gasteiger partial charge in [0.15, 0.2) is 5.79 Å². The topological polar surface area (TPSA) is 62.5 Å². The van der Waals surface area contributed by atoms with Crippen molar-refractivity contribution >= 4 is 0 Å². The van der Waals surface area contributed by atoms with Crippen molar-refractivity contribution in [2.24, 2.45) is 40.4 Å². The fraction of sp³-hybridized carbons (Fsp3) is 0.875. The Balaban J connectivity index is 1.50. The van der Waals surface area contributed by atoms with E-state index in [0.29, 0.717) is 31.0 Å². The van der Waals surface area contributed by atoms with Crippen molar-refractivity contribution in [3.63, 3.8) is 0 Å². The molecule has 0 aromatic heterocycles. The van der Waals surface area contributed by atoms with E-state index in [-0.39, 0.29) is 28.8 Å². The standard InChI is InChI=1S/C24H35NO3/c1-22-8-6-17(26)13-16(22)4-5-18-19(22)7-9-23(2)20(18)12-15(14-25)21(23)24(3)27-10-11-28-24/h4,15,17-21,26H,5-13H2,1-3H3/t15-,17+,18+,19+,20+,21+,22-,23+/m0/s1. The van der Waals surface area contributed by atoms with Crippen LogP contribution in [0.25, 0.3) is 0 Å². The second-order valence-electron chi connectivity index (χ2n) is 10.9. The molecule has 8 atom stereocenters. The highest BCUT2D eigenvalue weighted by Gasteiger charge is 2.66. The molecule has 4 nitrogen and oxygen atoms in total. The van der Waals surface area contributed by atoms with Crippen LogP contribution in [0.15, 0.2) is 11.6 Å². The summed E-state index contributed by atoms with van der Waals surface area (Å²) >= 11 is 0. The molecule has 0 aromatic carbocycles. The Labute approximate surface area is 169 Å². The van der Waals surface area contributed by atoms with Crippen molar-refractivity contribution in [3.8, 4) is 6.07 Å². The van der Waals surface area contributed by atoms with Gasteiger partial charge in [-0.15, -0.1) is 0 Å². The highest BCUT2D eigenvalue weighted by molar-refractivity contribution is 5.26. The molecule has 28 heavy (non-hydrogen) atoms. The Morgan fingerprint density at radius 1 is 1.11 bits per heavy atom. The van der Waals surface area contributed by atoms with Crippen molar-refractivity contribution in [3.05, 3.63) is 11.6 Å². The van der Waals surface area contributed by atoms with Crippen LogP contribution in [0, 0.1) is 51.8 Å². The van der Waals surface area contributed by atoms with Gasteiger partial charge in [0.2, 0.25) is 0 Å². The largest absolute Gasteiger partial charge is 0.393 e. The molecule has 1 saturated heterocycles. The SMILES string of the molecule is CC1([C@@H]2[C@H](C#N)C[C@@H]3[C@@H]4CC=C5C[C@H](O)CC[C@]5(C)[C@@H]4CC[C@]32C)OCCO1. The number of hydrogen-bond acceptors (Lipinski definition) is 4. The maximum Gasteiger partial charge on any atom is 0.170 e. The molecule has 0 bridgehead atoms. The van der Waals surface area contributed by atoms with Gasteiger partial charge in [0.1, 0.15) is 0 Å². The number of ether oxygens (including phenoxy) is 2. The molecule has 0 radical (unpaired) electrons. The second kappa shape index (κ2) is 6.30. The molecule has 5 aliphatic rings. The molecule has 1 heterocycles. The fourth-order valence-electron chi connectivity index (χ4n) is 8.49. The van der Waals surface area contributed by atoms with E-state index in [0.717, 1.165) is 38.5 Å². The van der Waals surface area contributed by atoms with E-state index >= 15 is 0 Å². The molecular formula is C24H35NO3. The van der Waals surface area contributed by atoms with Crippen molar-refractivity contribution in [1.82, 2.24) is 0 Å². The van der Waals surface area contributed by atoms with Gasteiger partial charge in [0.25, 0.3) is 0 Å². The Morgan fingerprint density at radius 3 is 2.57 bits per heavy atom. The second-order valence-corrected chi connectivity index (χ2v) is 10.9. The summed E-state index contributed by atoms with van der Waals surface area (Å²) in [7, 11) is 0. The van der Waals surface area contributed by atoms with Crippen molar-refractivity contribution in [2.45, 2.75) is 77.6 Å². The Kier molecular flexibility index (Phi) is 4.30. The third-order valence-electron chi connectivity index (χ3n) is 9.73. The van der Waals surface area contributed by atoms with Gasteiger partial charge >= 0.3 is 0 Å². The van der Waals surface area contributed by atoms with Crippen LogP contribution < -0.4 is 0 Å². The Hall–Kier alpha value is -0.890. The molecule has 4 aliphatic carbocycles. The highest BCUT2D eigenvalue weighted by Crippen LogP contribution is 2.69. The first kappa shape index (κ1) is 19.1. The van der Waals surface area contributed by atoms with E-state index in [1.807, 2.05) is 0 Å². The number of rotatable bonds is 1. The first-order valence-electron chi connectivity index (χ1n) is 11.4. The molecule has 5 rings (SSSR count). The van der Waals surface area contributed by atoms with Crippen LogP contribution in [0.1, 0.15) is 65.7 Å². The van der Waals surface area contributed by atoms with Crippen LogP contribution in [0.3, 0.4) is 0 Å². The van der Waals surface area contributed by atoms with Gasteiger partial charge in [-0.05, 0) is 80.5 Å². The van der Waals surface area contributed by atoms with Crippen molar-refractivity contribution in [1.29, 1.82) is 5.26 Å². The normalized spacial score (nSPS) is 52.2. The maximum absolute atomic E-state index is 10.2. The van der Waals surface area contributed by atoms with Gasteiger partial charge in [-0.2, -0.15) is 5.26 Å². The van der Waals surface area contributed by atoms with Crippen LogP contribution in [0.4, 0.5) is 0 Å². The number of allylic oxidation sites excluding steroid dienone is 1. The molecule has 3 saturated carbocycles. The Bertz CT molecular complexity index is 720. The smallest absolute Gasteiger partial charge is 0.170 e. The zero-order valence-corrected chi connectivity index (χ0v) is 17.6. The number of nitrogens with zero attached hydrogens (tertiary/aromatic N) is 1. The first-order chi connectivity index (χ1) is 13.3. The summed E-state index contributed by atoms with van der Waals surface area (Å²) in [6.07, 6.45) is 9.72. The molecule has 1 aliphatic heterocycles. The van der Waals surface area contributed by atoms with Gasteiger partial charge in [0.05, 0.1) is 31.3 Å². The number of fused-ring (bicyclic) bond motifs is 5. The van der Waals surface area contributed by atoms with Gasteiger partial charge in [0, 0.05) is 5.92 Å².